The standard InChI is InChI=1S/C13H10BrN3O2S/c1-20-13-15-6-5-10(16-13)11(17-19)12(18)8-3-2-4-9(14)7-8/h2-7,19H,1H3/i/hD. The van der Waals surface area contributed by atoms with Gasteiger partial charge < -0.3 is 5.21 Å². The molecule has 20 heavy (non-hydrogen) atoms. The Labute approximate surface area is 129 Å². The molecule has 0 atom stereocenters. The third-order valence-corrected chi connectivity index (χ3v) is 3.51. The highest BCUT2D eigenvalue weighted by molar-refractivity contribution is 9.10. The number of thioether (sulfide) groups is 1. The number of rotatable bonds is 5. The monoisotopic (exact) mass is 352 g/mol. The van der Waals surface area contributed by atoms with E-state index in [2.05, 4.69) is 36.3 Å². The van der Waals surface area contributed by atoms with Gasteiger partial charge in [-0.1, -0.05) is 45.0 Å². The second kappa shape index (κ2) is 6.62. The molecule has 7 heteroatoms. The average molecular weight is 353 g/mol. The molecule has 0 fully saturated rings. The lowest BCUT2D eigenvalue weighted by Crippen LogP contribution is -2.18. The Morgan fingerprint density at radius 1 is 1.50 bits per heavy atom. The quantitative estimate of drug-likeness (QED) is 0.223. The molecule has 0 bridgehead atoms. The number of nitrogens with zero attached hydrogens (tertiary/aromatic N) is 3. The highest BCUT2D eigenvalue weighted by Crippen LogP contribution is 2.15. The van der Waals surface area contributed by atoms with Gasteiger partial charge in [0, 0.05) is 16.2 Å². The summed E-state index contributed by atoms with van der Waals surface area (Å²) in [5, 5.41) is 8.04. The van der Waals surface area contributed by atoms with Crippen molar-refractivity contribution in [1.29, 1.82) is 0 Å². The molecule has 1 aromatic carbocycles. The second-order valence-electron chi connectivity index (χ2n) is 3.71. The topological polar surface area (TPSA) is 75.4 Å². The van der Waals surface area contributed by atoms with Crippen molar-refractivity contribution in [1.82, 2.24) is 9.97 Å². The van der Waals surface area contributed by atoms with E-state index in [0.717, 1.165) is 4.47 Å². The lowest BCUT2D eigenvalue weighted by Gasteiger charge is -2.04. The van der Waals surface area contributed by atoms with E-state index in [1.54, 1.807) is 24.3 Å². The Morgan fingerprint density at radius 3 is 3.05 bits per heavy atom. The first-order valence-corrected chi connectivity index (χ1v) is 7.55. The van der Waals surface area contributed by atoms with Gasteiger partial charge in [-0.25, -0.2) is 9.97 Å². The molecule has 1 heterocycles. The van der Waals surface area contributed by atoms with Gasteiger partial charge in [-0.3, -0.25) is 4.79 Å². The number of carbonyl (C=O) groups excluding carboxylic acids is 1. The fourth-order valence-electron chi connectivity index (χ4n) is 1.54. The zero-order chi connectivity index (χ0) is 15.2. The smallest absolute Gasteiger partial charge is 0.330 e. The zero-order valence-corrected chi connectivity index (χ0v) is 12.8. The molecule has 5 nitrogen and oxygen atoms in total. The van der Waals surface area contributed by atoms with Crippen LogP contribution in [-0.2, 0) is 0 Å². The summed E-state index contributed by atoms with van der Waals surface area (Å²) >= 11 is 4.65. The molecule has 0 saturated heterocycles. The number of carbonyl (C=O) groups is 1. The van der Waals surface area contributed by atoms with Crippen molar-refractivity contribution >= 4 is 39.2 Å². The molecule has 0 aliphatic heterocycles. The summed E-state index contributed by atoms with van der Waals surface area (Å²) in [6.45, 7) is 0. The van der Waals surface area contributed by atoms with Gasteiger partial charge in [0.25, 0.3) is 0 Å². The molecular weight excluding hydrogens is 342 g/mol. The summed E-state index contributed by atoms with van der Waals surface area (Å²) in [6, 6.07) is 8.42. The van der Waals surface area contributed by atoms with Crippen LogP contribution in [0.3, 0.4) is 0 Å². The fraction of sp³-hybridized carbons (Fsp3) is 0.0769. The molecule has 0 saturated carbocycles. The molecule has 1 aromatic heterocycles. The summed E-state index contributed by atoms with van der Waals surface area (Å²) in [7, 11) is 0. The number of ketones is 1. The number of Topliss-reactive ketones (excluding diaryl/α,β-unsaturated/α-hetero) is 1. The van der Waals surface area contributed by atoms with Crippen LogP contribution in [0.5, 0.6) is 0 Å². The first kappa shape index (κ1) is 13.3. The number of aromatic nitrogens is 2. The van der Waals surface area contributed by atoms with E-state index in [1.165, 1.54) is 18.0 Å². The first-order valence-electron chi connectivity index (χ1n) is 5.94. The molecule has 2 rings (SSSR count). The SMILES string of the molecule is [2H]ON=C(C(=O)c1cccc(Br)c1)c1ccnc(SC)n1. The minimum atomic E-state index is -0.380. The summed E-state index contributed by atoms with van der Waals surface area (Å²) in [5.41, 5.74) is 0.692. The van der Waals surface area contributed by atoms with Crippen molar-refractivity contribution in [2.24, 2.45) is 5.16 Å². The normalized spacial score (nSPS) is 11.9. The first-order chi connectivity index (χ1) is 10.2. The van der Waals surface area contributed by atoms with Gasteiger partial charge in [-0.05, 0) is 24.5 Å². The molecule has 102 valence electrons. The van der Waals surface area contributed by atoms with Gasteiger partial charge >= 0.3 is 1.43 Å². The van der Waals surface area contributed by atoms with Crippen LogP contribution >= 0.6 is 27.7 Å². The Morgan fingerprint density at radius 2 is 2.35 bits per heavy atom. The van der Waals surface area contributed by atoms with Crippen LogP contribution in [0.15, 0.2) is 51.3 Å². The molecule has 2 aromatic rings. The number of benzene rings is 1. The number of hydrogen-bond acceptors (Lipinski definition) is 6. The van der Waals surface area contributed by atoms with E-state index in [1.807, 2.05) is 12.3 Å². The summed E-state index contributed by atoms with van der Waals surface area (Å²) in [5.74, 6) is -0.380. The number of halogens is 1. The van der Waals surface area contributed by atoms with Crippen molar-refractivity contribution < 1.29 is 11.4 Å². The van der Waals surface area contributed by atoms with Crippen LogP contribution in [-0.4, -0.2) is 32.9 Å². The molecule has 0 aliphatic rings. The number of oxime groups is 1. The Hall–Kier alpha value is -1.73. The van der Waals surface area contributed by atoms with Crippen LogP contribution < -0.4 is 0 Å². The third-order valence-electron chi connectivity index (χ3n) is 2.45. The number of hydrogen-bond donors (Lipinski definition) is 1. The highest BCUT2D eigenvalue weighted by Gasteiger charge is 2.19. The van der Waals surface area contributed by atoms with Crippen LogP contribution in [0.25, 0.3) is 0 Å². The highest BCUT2D eigenvalue weighted by atomic mass is 79.9. The average Bonchev–Trinajstić information content (AvgIpc) is 2.52. The van der Waals surface area contributed by atoms with E-state index in [0.29, 0.717) is 16.4 Å². The van der Waals surface area contributed by atoms with Crippen LogP contribution in [0.4, 0.5) is 0 Å². The maximum Gasteiger partial charge on any atom is 0.330 e. The largest absolute Gasteiger partial charge is 0.410 e. The lowest BCUT2D eigenvalue weighted by atomic mass is 10.0. The summed E-state index contributed by atoms with van der Waals surface area (Å²) < 4.78 is 7.55. The minimum absolute atomic E-state index is 0.0409. The molecule has 0 radical (unpaired) electrons. The Kier molecular flexibility index (Phi) is 4.39. The van der Waals surface area contributed by atoms with E-state index in [9.17, 15) is 4.79 Å². The fourth-order valence-corrected chi connectivity index (χ4v) is 2.30. The van der Waals surface area contributed by atoms with E-state index < -0.39 is 0 Å². The van der Waals surface area contributed by atoms with Crippen molar-refractivity contribution in [2.45, 2.75) is 5.16 Å². The van der Waals surface area contributed by atoms with Gasteiger partial charge in [0.15, 0.2) is 10.9 Å². The summed E-state index contributed by atoms with van der Waals surface area (Å²) in [4.78, 5) is 20.7. The van der Waals surface area contributed by atoms with Gasteiger partial charge in [0.05, 0.1) is 0 Å². The van der Waals surface area contributed by atoms with E-state index >= 15 is 0 Å². The van der Waals surface area contributed by atoms with Crippen LogP contribution in [0.1, 0.15) is 16.1 Å². The maximum atomic E-state index is 12.5. The van der Waals surface area contributed by atoms with Crippen molar-refractivity contribution in [3.63, 3.8) is 0 Å². The van der Waals surface area contributed by atoms with Gasteiger partial charge in [-0.2, -0.15) is 0 Å². The Bertz CT molecular complexity index is 697. The summed E-state index contributed by atoms with van der Waals surface area (Å²) in [6.07, 6.45) is 3.36. The van der Waals surface area contributed by atoms with Crippen LogP contribution in [0, 0.1) is 0 Å². The maximum absolute atomic E-state index is 12.5. The lowest BCUT2D eigenvalue weighted by molar-refractivity contribution is 0.106. The molecule has 1 N–H and O–H groups in total. The van der Waals surface area contributed by atoms with Crippen molar-refractivity contribution in [2.75, 3.05) is 6.26 Å². The Balaban J connectivity index is 2.44. The van der Waals surface area contributed by atoms with Gasteiger partial charge in [0.1, 0.15) is 5.69 Å². The predicted octanol–water partition coefficient (Wildman–Crippen LogP) is 3.02. The van der Waals surface area contributed by atoms with E-state index in [-0.39, 0.29) is 11.5 Å². The van der Waals surface area contributed by atoms with Crippen molar-refractivity contribution in [3.05, 3.63) is 52.3 Å². The molecule has 0 amide bonds. The third kappa shape index (κ3) is 3.23. The molecular formula is C13H10BrN3O2S. The molecule has 0 aliphatic carbocycles. The predicted molar refractivity (Wildman–Crippen MR) is 80.6 cm³/mol. The molecule has 0 spiro atoms. The zero-order valence-electron chi connectivity index (χ0n) is 11.4. The van der Waals surface area contributed by atoms with Crippen LogP contribution in [0.2, 0.25) is 1.43 Å². The molecule has 0 unspecified atom stereocenters. The van der Waals surface area contributed by atoms with Gasteiger partial charge in [0.2, 0.25) is 5.78 Å². The van der Waals surface area contributed by atoms with E-state index in [4.69, 9.17) is 1.43 Å². The van der Waals surface area contributed by atoms with Crippen molar-refractivity contribution in [3.8, 4) is 0 Å². The second-order valence-corrected chi connectivity index (χ2v) is 5.40. The minimum Gasteiger partial charge on any atom is -0.410 e. The van der Waals surface area contributed by atoms with Gasteiger partial charge in [-0.15, -0.1) is 0 Å².